The van der Waals surface area contributed by atoms with E-state index in [0.29, 0.717) is 31.2 Å². The van der Waals surface area contributed by atoms with Crippen molar-refractivity contribution in [3.05, 3.63) is 29.8 Å². The Kier molecular flexibility index (Phi) is 5.61. The summed E-state index contributed by atoms with van der Waals surface area (Å²) < 4.78 is 29.3. The number of anilines is 1. The lowest BCUT2D eigenvalue weighted by Crippen LogP contribution is -2.41. The third kappa shape index (κ3) is 4.43. The third-order valence-corrected chi connectivity index (χ3v) is 5.43. The number of nitrogens with one attached hydrogen (secondary N) is 2. The molecule has 118 valence electrons. The molecule has 1 fully saturated rings. The number of rotatable bonds is 6. The number of piperidine rings is 1. The van der Waals surface area contributed by atoms with Gasteiger partial charge in [-0.3, -0.25) is 4.72 Å². The minimum Gasteiger partial charge on any atom is -0.313 e. The lowest BCUT2D eigenvalue weighted by Gasteiger charge is -2.29. The van der Waals surface area contributed by atoms with Crippen LogP contribution in [-0.4, -0.2) is 32.4 Å². The summed E-state index contributed by atoms with van der Waals surface area (Å²) in [6, 6.07) is 7.54. The van der Waals surface area contributed by atoms with Gasteiger partial charge in [0.25, 0.3) is 0 Å². The predicted molar refractivity (Wildman–Crippen MR) is 86.3 cm³/mol. The van der Waals surface area contributed by atoms with Gasteiger partial charge in [-0.25, -0.2) is 0 Å². The maximum absolute atomic E-state index is 12.5. The van der Waals surface area contributed by atoms with E-state index in [2.05, 4.69) is 17.0 Å². The minimum absolute atomic E-state index is 0.603. The molecule has 0 aliphatic carbocycles. The number of para-hydroxylation sites is 1. The number of hydrogen-bond donors (Lipinski definition) is 2. The van der Waals surface area contributed by atoms with Crippen molar-refractivity contribution in [3.8, 4) is 0 Å². The zero-order chi connectivity index (χ0) is 15.3. The Morgan fingerprint density at radius 3 is 2.57 bits per heavy atom. The summed E-state index contributed by atoms with van der Waals surface area (Å²) in [4.78, 5) is 0. The third-order valence-electron chi connectivity index (χ3n) is 3.90. The maximum Gasteiger partial charge on any atom is 0.301 e. The fourth-order valence-electron chi connectivity index (χ4n) is 2.46. The van der Waals surface area contributed by atoms with Crippen molar-refractivity contribution in [2.45, 2.75) is 33.2 Å². The van der Waals surface area contributed by atoms with Crippen LogP contribution in [0, 0.1) is 5.92 Å². The van der Waals surface area contributed by atoms with Crippen molar-refractivity contribution >= 4 is 15.9 Å². The highest BCUT2D eigenvalue weighted by Gasteiger charge is 2.26. The molecule has 1 aliphatic heterocycles. The van der Waals surface area contributed by atoms with Crippen molar-refractivity contribution in [3.63, 3.8) is 0 Å². The lowest BCUT2D eigenvalue weighted by atomic mass is 10.0. The fraction of sp³-hybridized carbons (Fsp3) is 0.600. The molecule has 21 heavy (non-hydrogen) atoms. The summed E-state index contributed by atoms with van der Waals surface area (Å²) in [5.74, 6) is 0.609. The van der Waals surface area contributed by atoms with Gasteiger partial charge < -0.3 is 5.32 Å². The fourth-order valence-corrected chi connectivity index (χ4v) is 3.76. The summed E-state index contributed by atoms with van der Waals surface area (Å²) in [6.45, 7) is 6.92. The van der Waals surface area contributed by atoms with Gasteiger partial charge in [-0.1, -0.05) is 32.0 Å². The molecule has 1 saturated heterocycles. The summed E-state index contributed by atoms with van der Waals surface area (Å²) >= 11 is 0. The van der Waals surface area contributed by atoms with Crippen molar-refractivity contribution in [1.29, 1.82) is 0 Å². The molecule has 1 aromatic carbocycles. The first-order valence-corrected chi connectivity index (χ1v) is 9.03. The average molecular weight is 311 g/mol. The summed E-state index contributed by atoms with van der Waals surface area (Å²) in [5.41, 5.74) is 1.63. The van der Waals surface area contributed by atoms with Crippen molar-refractivity contribution in [2.75, 3.05) is 24.4 Å². The second-order valence-corrected chi connectivity index (χ2v) is 7.30. The molecule has 0 atom stereocenters. The standard InChI is InChI=1S/C15H25N3O2S/c1-3-16-12-14-6-4-5-7-15(14)17-21(19,20)18-10-8-13(2)9-11-18/h4-7,13,16-17H,3,8-12H2,1-2H3. The zero-order valence-electron chi connectivity index (χ0n) is 12.8. The largest absolute Gasteiger partial charge is 0.313 e. The second kappa shape index (κ2) is 7.24. The molecule has 2 N–H and O–H groups in total. The lowest BCUT2D eigenvalue weighted by molar-refractivity contribution is 0.289. The molecule has 1 aromatic rings. The van der Waals surface area contributed by atoms with Crippen molar-refractivity contribution in [2.24, 2.45) is 5.92 Å². The number of nitrogens with zero attached hydrogens (tertiary/aromatic N) is 1. The van der Waals surface area contributed by atoms with Gasteiger partial charge >= 0.3 is 10.2 Å². The van der Waals surface area contributed by atoms with Crippen LogP contribution in [-0.2, 0) is 16.8 Å². The second-order valence-electron chi connectivity index (χ2n) is 5.63. The van der Waals surface area contributed by atoms with Crippen LogP contribution >= 0.6 is 0 Å². The van der Waals surface area contributed by atoms with Gasteiger partial charge in [-0.05, 0) is 36.9 Å². The van der Waals surface area contributed by atoms with E-state index >= 15 is 0 Å². The van der Waals surface area contributed by atoms with Crippen LogP contribution < -0.4 is 10.0 Å². The van der Waals surface area contributed by atoms with E-state index in [4.69, 9.17) is 0 Å². The van der Waals surface area contributed by atoms with Crippen LogP contribution in [0.4, 0.5) is 5.69 Å². The Labute approximate surface area is 127 Å². The van der Waals surface area contributed by atoms with Crippen LogP contribution in [0.15, 0.2) is 24.3 Å². The van der Waals surface area contributed by atoms with Gasteiger partial charge in [-0.15, -0.1) is 0 Å². The molecule has 0 spiro atoms. The Balaban J connectivity index is 2.09. The van der Waals surface area contributed by atoms with Crippen molar-refractivity contribution < 1.29 is 8.42 Å². The van der Waals surface area contributed by atoms with Gasteiger partial charge in [0.2, 0.25) is 0 Å². The van der Waals surface area contributed by atoms with Gasteiger partial charge in [0.15, 0.2) is 0 Å². The first-order valence-electron chi connectivity index (χ1n) is 7.59. The maximum atomic E-state index is 12.5. The highest BCUT2D eigenvalue weighted by atomic mass is 32.2. The molecule has 0 radical (unpaired) electrons. The van der Waals surface area contributed by atoms with Gasteiger partial charge in [-0.2, -0.15) is 12.7 Å². The molecule has 1 aliphatic rings. The van der Waals surface area contributed by atoms with E-state index in [9.17, 15) is 8.42 Å². The van der Waals surface area contributed by atoms with E-state index in [1.807, 2.05) is 31.2 Å². The highest BCUT2D eigenvalue weighted by molar-refractivity contribution is 7.90. The summed E-state index contributed by atoms with van der Waals surface area (Å²) in [7, 11) is -3.45. The molecular weight excluding hydrogens is 286 g/mol. The topological polar surface area (TPSA) is 61.4 Å². The van der Waals surface area contributed by atoms with E-state index in [1.165, 1.54) is 0 Å². The first-order chi connectivity index (χ1) is 10.0. The van der Waals surface area contributed by atoms with Crippen LogP contribution in [0.1, 0.15) is 32.3 Å². The monoisotopic (exact) mass is 311 g/mol. The van der Waals surface area contributed by atoms with Gasteiger partial charge in [0.05, 0.1) is 5.69 Å². The van der Waals surface area contributed by atoms with Gasteiger partial charge in [0, 0.05) is 19.6 Å². The van der Waals surface area contributed by atoms with Crippen LogP contribution in [0.25, 0.3) is 0 Å². The minimum atomic E-state index is -3.45. The Morgan fingerprint density at radius 1 is 1.24 bits per heavy atom. The molecule has 6 heteroatoms. The summed E-state index contributed by atoms with van der Waals surface area (Å²) in [5, 5.41) is 3.23. The average Bonchev–Trinajstić information content (AvgIpc) is 2.46. The molecule has 5 nitrogen and oxygen atoms in total. The van der Waals surface area contributed by atoms with E-state index in [1.54, 1.807) is 4.31 Å². The molecule has 0 aromatic heterocycles. The van der Waals surface area contributed by atoms with Gasteiger partial charge in [0.1, 0.15) is 0 Å². The Morgan fingerprint density at radius 2 is 1.90 bits per heavy atom. The van der Waals surface area contributed by atoms with Crippen LogP contribution in [0.2, 0.25) is 0 Å². The smallest absolute Gasteiger partial charge is 0.301 e. The van der Waals surface area contributed by atoms with E-state index < -0.39 is 10.2 Å². The molecule has 0 saturated carbocycles. The summed E-state index contributed by atoms with van der Waals surface area (Å²) in [6.07, 6.45) is 1.86. The Hall–Kier alpha value is -1.11. The van der Waals surface area contributed by atoms with Crippen molar-refractivity contribution in [1.82, 2.24) is 9.62 Å². The Bertz CT molecular complexity index is 552. The van der Waals surface area contributed by atoms with Crippen LogP contribution in [0.5, 0.6) is 0 Å². The molecule has 0 unspecified atom stereocenters. The quantitative estimate of drug-likeness (QED) is 0.846. The normalized spacial score (nSPS) is 17.8. The molecule has 2 rings (SSSR count). The molecule has 1 heterocycles. The zero-order valence-corrected chi connectivity index (χ0v) is 13.6. The molecular formula is C15H25N3O2S. The predicted octanol–water partition coefficient (Wildman–Crippen LogP) is 2.18. The SMILES string of the molecule is CCNCc1ccccc1NS(=O)(=O)N1CCC(C)CC1. The molecule has 0 bridgehead atoms. The molecule has 0 amide bonds. The number of benzene rings is 1. The number of hydrogen-bond acceptors (Lipinski definition) is 3. The van der Waals surface area contributed by atoms with E-state index in [0.717, 1.165) is 24.9 Å². The first kappa shape index (κ1) is 16.3. The highest BCUT2D eigenvalue weighted by Crippen LogP contribution is 2.22. The van der Waals surface area contributed by atoms with Crippen LogP contribution in [0.3, 0.4) is 0 Å². The van der Waals surface area contributed by atoms with E-state index in [-0.39, 0.29) is 0 Å².